The van der Waals surface area contributed by atoms with Crippen LogP contribution in [0.4, 0.5) is 13.2 Å². The summed E-state index contributed by atoms with van der Waals surface area (Å²) in [5.74, 6) is -1.45. The molecule has 1 aromatic rings. The molecule has 9 heteroatoms. The lowest BCUT2D eigenvalue weighted by Gasteiger charge is -2.25. The van der Waals surface area contributed by atoms with E-state index in [2.05, 4.69) is 0 Å². The fourth-order valence-electron chi connectivity index (χ4n) is 3.37. The Bertz CT molecular complexity index is 700. The van der Waals surface area contributed by atoms with E-state index in [0.717, 1.165) is 4.90 Å². The molecule has 2 aliphatic heterocycles. The lowest BCUT2D eigenvalue weighted by Crippen LogP contribution is -2.48. The molecule has 1 atom stereocenters. The van der Waals surface area contributed by atoms with Crippen molar-refractivity contribution in [1.29, 1.82) is 0 Å². The van der Waals surface area contributed by atoms with Crippen LogP contribution in [0.25, 0.3) is 0 Å². The van der Waals surface area contributed by atoms with Crippen LogP contribution in [0, 0.1) is 0 Å². The number of hydrogen-bond donors (Lipinski definition) is 1. The van der Waals surface area contributed by atoms with E-state index in [1.807, 2.05) is 5.32 Å². The Morgan fingerprint density at radius 2 is 1.73 bits per heavy atom. The number of nitrogens with one attached hydrogen (secondary N) is 1. The van der Waals surface area contributed by atoms with Crippen molar-refractivity contribution in [3.05, 3.63) is 35.4 Å². The monoisotopic (exact) mass is 369 g/mol. The summed E-state index contributed by atoms with van der Waals surface area (Å²) in [6.45, 7) is -0.493. The molecule has 140 valence electrons. The van der Waals surface area contributed by atoms with Gasteiger partial charge in [0.25, 0.3) is 11.8 Å². The highest BCUT2D eigenvalue weighted by Gasteiger charge is 2.37. The first-order chi connectivity index (χ1) is 12.3. The summed E-state index contributed by atoms with van der Waals surface area (Å²) >= 11 is 0. The summed E-state index contributed by atoms with van der Waals surface area (Å²) < 4.78 is 36.8. The van der Waals surface area contributed by atoms with Gasteiger partial charge in [-0.1, -0.05) is 12.1 Å². The zero-order chi connectivity index (χ0) is 18.9. The van der Waals surface area contributed by atoms with Gasteiger partial charge in [0.05, 0.1) is 17.2 Å². The smallest absolute Gasteiger partial charge is 0.346 e. The van der Waals surface area contributed by atoms with Crippen molar-refractivity contribution in [2.75, 3.05) is 26.2 Å². The molecular weight excluding hydrogens is 351 g/mol. The topological polar surface area (TPSA) is 69.7 Å². The predicted octanol–water partition coefficient (Wildman–Crippen LogP) is 1.43. The first-order valence-electron chi connectivity index (χ1n) is 8.31. The van der Waals surface area contributed by atoms with Gasteiger partial charge in [-0.25, -0.2) is 0 Å². The Hall–Kier alpha value is -2.42. The zero-order valence-electron chi connectivity index (χ0n) is 13.9. The minimum absolute atomic E-state index is 0.0927. The van der Waals surface area contributed by atoms with Crippen LogP contribution < -0.4 is 5.32 Å². The summed E-state index contributed by atoms with van der Waals surface area (Å²) in [6.07, 6.45) is -3.34. The van der Waals surface area contributed by atoms with E-state index >= 15 is 0 Å². The lowest BCUT2D eigenvalue weighted by atomic mass is 10.1. The van der Waals surface area contributed by atoms with Crippen molar-refractivity contribution in [1.82, 2.24) is 15.1 Å². The molecule has 0 saturated carbocycles. The molecule has 2 aliphatic rings. The van der Waals surface area contributed by atoms with Crippen LogP contribution >= 0.6 is 0 Å². The Labute approximate surface area is 147 Å². The molecule has 0 aliphatic carbocycles. The molecule has 0 bridgehead atoms. The Morgan fingerprint density at radius 3 is 2.31 bits per heavy atom. The Kier molecular flexibility index (Phi) is 4.99. The highest BCUT2D eigenvalue weighted by Crippen LogP contribution is 2.23. The molecule has 1 N–H and O–H groups in total. The van der Waals surface area contributed by atoms with Crippen LogP contribution in [-0.4, -0.2) is 65.9 Å². The molecule has 0 aromatic heterocycles. The number of halogens is 3. The molecule has 0 spiro atoms. The van der Waals surface area contributed by atoms with E-state index < -0.39 is 24.7 Å². The van der Waals surface area contributed by atoms with E-state index in [1.165, 1.54) is 0 Å². The van der Waals surface area contributed by atoms with Crippen molar-refractivity contribution in [3.8, 4) is 0 Å². The number of alkyl halides is 3. The number of benzene rings is 1. The standard InChI is InChI=1S/C17H18F3N3O3/c18-17(19,20)10-21-14(24)13-6-3-7-22(13)8-9-23-15(25)11-4-1-2-5-12(11)16(23)26/h1-2,4-5,13H,3,6-10H2,(H,21,24). The van der Waals surface area contributed by atoms with Gasteiger partial charge < -0.3 is 5.32 Å². The number of imide groups is 1. The van der Waals surface area contributed by atoms with Crippen molar-refractivity contribution in [2.24, 2.45) is 0 Å². The van der Waals surface area contributed by atoms with Crippen LogP contribution in [0.3, 0.4) is 0 Å². The number of amides is 3. The van der Waals surface area contributed by atoms with Crippen molar-refractivity contribution < 1.29 is 27.6 Å². The van der Waals surface area contributed by atoms with Gasteiger partial charge in [0.15, 0.2) is 0 Å². The molecular formula is C17H18F3N3O3. The van der Waals surface area contributed by atoms with Gasteiger partial charge in [0.1, 0.15) is 6.54 Å². The van der Waals surface area contributed by atoms with Crippen LogP contribution in [-0.2, 0) is 4.79 Å². The SMILES string of the molecule is O=C(NCC(F)(F)F)C1CCCN1CCN1C(=O)c2ccccc2C1=O. The minimum Gasteiger partial charge on any atom is -0.346 e. The van der Waals surface area contributed by atoms with Gasteiger partial charge >= 0.3 is 6.18 Å². The summed E-state index contributed by atoms with van der Waals surface area (Å²) in [7, 11) is 0. The second-order valence-electron chi connectivity index (χ2n) is 6.33. The number of carbonyl (C=O) groups is 3. The molecule has 1 saturated heterocycles. The van der Waals surface area contributed by atoms with Crippen molar-refractivity contribution in [2.45, 2.75) is 25.1 Å². The first kappa shape index (κ1) is 18.4. The average Bonchev–Trinajstić information content (AvgIpc) is 3.15. The normalized spacial score (nSPS) is 20.6. The summed E-state index contributed by atoms with van der Waals surface area (Å²) in [4.78, 5) is 39.5. The third kappa shape index (κ3) is 3.72. The maximum Gasteiger partial charge on any atom is 0.405 e. The van der Waals surface area contributed by atoms with Crippen LogP contribution in [0.2, 0.25) is 0 Å². The zero-order valence-corrected chi connectivity index (χ0v) is 13.9. The van der Waals surface area contributed by atoms with E-state index in [4.69, 9.17) is 0 Å². The Morgan fingerprint density at radius 1 is 1.12 bits per heavy atom. The maximum atomic E-state index is 12.3. The van der Waals surface area contributed by atoms with E-state index in [-0.39, 0.29) is 24.9 Å². The van der Waals surface area contributed by atoms with E-state index in [9.17, 15) is 27.6 Å². The van der Waals surface area contributed by atoms with Crippen LogP contribution in [0.1, 0.15) is 33.6 Å². The quantitative estimate of drug-likeness (QED) is 0.798. The summed E-state index contributed by atoms with van der Waals surface area (Å²) in [5, 5.41) is 1.90. The number of rotatable bonds is 5. The molecule has 3 rings (SSSR count). The highest BCUT2D eigenvalue weighted by molar-refractivity contribution is 6.21. The fraction of sp³-hybridized carbons (Fsp3) is 0.471. The van der Waals surface area contributed by atoms with Crippen LogP contribution in [0.15, 0.2) is 24.3 Å². The second-order valence-corrected chi connectivity index (χ2v) is 6.33. The largest absolute Gasteiger partial charge is 0.405 e. The first-order valence-corrected chi connectivity index (χ1v) is 8.31. The summed E-state index contributed by atoms with van der Waals surface area (Å²) in [5.41, 5.74) is 0.691. The maximum absolute atomic E-state index is 12.3. The van der Waals surface area contributed by atoms with Gasteiger partial charge in [-0.05, 0) is 31.5 Å². The highest BCUT2D eigenvalue weighted by atomic mass is 19.4. The van der Waals surface area contributed by atoms with Gasteiger partial charge in [0, 0.05) is 13.1 Å². The summed E-state index contributed by atoms with van der Waals surface area (Å²) in [6, 6.07) is 5.84. The third-order valence-electron chi connectivity index (χ3n) is 4.62. The van der Waals surface area contributed by atoms with E-state index in [1.54, 1.807) is 29.2 Å². The third-order valence-corrected chi connectivity index (χ3v) is 4.62. The number of carbonyl (C=O) groups excluding carboxylic acids is 3. The van der Waals surface area contributed by atoms with Crippen LogP contribution in [0.5, 0.6) is 0 Å². The molecule has 6 nitrogen and oxygen atoms in total. The van der Waals surface area contributed by atoms with Gasteiger partial charge in [-0.3, -0.25) is 24.2 Å². The van der Waals surface area contributed by atoms with Crippen molar-refractivity contribution >= 4 is 17.7 Å². The molecule has 1 unspecified atom stereocenters. The van der Waals surface area contributed by atoms with Gasteiger partial charge in [-0.2, -0.15) is 13.2 Å². The Balaban J connectivity index is 1.58. The number of fused-ring (bicyclic) bond motifs is 1. The van der Waals surface area contributed by atoms with E-state index in [0.29, 0.717) is 30.5 Å². The number of likely N-dealkylation sites (tertiary alicyclic amines) is 1. The second kappa shape index (κ2) is 7.06. The molecule has 3 amide bonds. The molecule has 2 heterocycles. The number of hydrogen-bond acceptors (Lipinski definition) is 4. The predicted molar refractivity (Wildman–Crippen MR) is 85.5 cm³/mol. The number of nitrogens with zero attached hydrogens (tertiary/aromatic N) is 2. The molecule has 26 heavy (non-hydrogen) atoms. The fourth-order valence-corrected chi connectivity index (χ4v) is 3.37. The minimum atomic E-state index is -4.46. The molecule has 0 radical (unpaired) electrons. The van der Waals surface area contributed by atoms with Gasteiger partial charge in [-0.15, -0.1) is 0 Å². The average molecular weight is 369 g/mol. The molecule has 1 aromatic carbocycles. The van der Waals surface area contributed by atoms with Gasteiger partial charge in [0.2, 0.25) is 5.91 Å². The lowest BCUT2D eigenvalue weighted by molar-refractivity contribution is -0.141. The van der Waals surface area contributed by atoms with Crippen molar-refractivity contribution in [3.63, 3.8) is 0 Å². The molecule has 1 fully saturated rings.